The molecule has 1 saturated carbocycles. The Labute approximate surface area is 194 Å². The molecule has 5 nitrogen and oxygen atoms in total. The van der Waals surface area contributed by atoms with Gasteiger partial charge >= 0.3 is 0 Å². The van der Waals surface area contributed by atoms with Gasteiger partial charge in [-0.05, 0) is 68.5 Å². The van der Waals surface area contributed by atoms with Crippen LogP contribution in [0.3, 0.4) is 0 Å². The summed E-state index contributed by atoms with van der Waals surface area (Å²) in [6.07, 6.45) is 2.48. The van der Waals surface area contributed by atoms with Crippen LogP contribution in [-0.2, 0) is 9.59 Å². The molecule has 6 heteroatoms. The largest absolute Gasteiger partial charge is 0.355 e. The van der Waals surface area contributed by atoms with Crippen LogP contribution in [0.15, 0.2) is 54.6 Å². The van der Waals surface area contributed by atoms with E-state index in [2.05, 4.69) is 34.6 Å². The van der Waals surface area contributed by atoms with Crippen LogP contribution in [0.5, 0.6) is 0 Å². The fourth-order valence-corrected chi connectivity index (χ4v) is 5.90. The van der Waals surface area contributed by atoms with Gasteiger partial charge < -0.3 is 15.5 Å². The molecule has 1 aliphatic carbocycles. The minimum atomic E-state index is -0.419. The second kappa shape index (κ2) is 8.90. The average Bonchev–Trinajstić information content (AvgIpc) is 3.57. The second-order valence-corrected chi connectivity index (χ2v) is 10.0. The van der Waals surface area contributed by atoms with Gasteiger partial charge in [0.15, 0.2) is 0 Å². The lowest BCUT2D eigenvalue weighted by molar-refractivity contribution is -0.130. The first-order valence-corrected chi connectivity index (χ1v) is 12.1. The summed E-state index contributed by atoms with van der Waals surface area (Å²) in [6.45, 7) is 5.10. The number of benzene rings is 2. The van der Waals surface area contributed by atoms with Crippen molar-refractivity contribution >= 4 is 11.8 Å². The third-order valence-electron chi connectivity index (χ3n) is 7.88. The number of likely N-dealkylation sites (tertiary alicyclic amines) is 1. The highest BCUT2D eigenvalue weighted by atomic mass is 19.1. The van der Waals surface area contributed by atoms with E-state index in [1.807, 2.05) is 30.3 Å². The molecule has 2 heterocycles. The molecule has 33 heavy (non-hydrogen) atoms. The van der Waals surface area contributed by atoms with E-state index in [0.717, 1.165) is 44.5 Å². The molecule has 0 aromatic heterocycles. The molecule has 2 aromatic carbocycles. The van der Waals surface area contributed by atoms with Crippen LogP contribution < -0.4 is 10.6 Å². The molecule has 1 spiro atoms. The summed E-state index contributed by atoms with van der Waals surface area (Å²) < 4.78 is 13.4. The van der Waals surface area contributed by atoms with Gasteiger partial charge in [0.05, 0.1) is 5.41 Å². The molecule has 2 aromatic rings. The summed E-state index contributed by atoms with van der Waals surface area (Å²) in [6, 6.07) is 16.9. The fraction of sp³-hybridized carbons (Fsp3) is 0.481. The summed E-state index contributed by atoms with van der Waals surface area (Å²) in [5, 5.41) is 6.26. The molecule has 3 aliphatic rings. The van der Waals surface area contributed by atoms with E-state index >= 15 is 0 Å². The van der Waals surface area contributed by atoms with Crippen molar-refractivity contribution in [3.05, 3.63) is 71.5 Å². The minimum Gasteiger partial charge on any atom is -0.355 e. The minimum absolute atomic E-state index is 0.0638. The molecular weight excluding hydrogens is 417 g/mol. The van der Waals surface area contributed by atoms with E-state index in [0.29, 0.717) is 12.5 Å². The molecule has 2 N–H and O–H groups in total. The van der Waals surface area contributed by atoms with E-state index < -0.39 is 5.41 Å². The van der Waals surface area contributed by atoms with E-state index in [9.17, 15) is 14.0 Å². The first-order valence-electron chi connectivity index (χ1n) is 12.1. The Balaban J connectivity index is 1.14. The summed E-state index contributed by atoms with van der Waals surface area (Å²) >= 11 is 0. The maximum Gasteiger partial charge on any atom is 0.227 e. The molecule has 0 unspecified atom stereocenters. The van der Waals surface area contributed by atoms with Gasteiger partial charge in [-0.15, -0.1) is 0 Å². The summed E-state index contributed by atoms with van der Waals surface area (Å²) in [7, 11) is 0. The van der Waals surface area contributed by atoms with Crippen molar-refractivity contribution in [3.8, 4) is 0 Å². The van der Waals surface area contributed by atoms with Crippen LogP contribution in [-0.4, -0.2) is 48.9 Å². The standard InChI is InChI=1S/C27H32FN3O2/c1-18(30-25(32)23-15-22(23)19-5-3-2-4-6-19)17-31-13-11-27(12-14-31)24(16-29-26(27)33)20-7-9-21(28)10-8-20/h2-10,18,22-24H,11-17H2,1H3,(H,29,33)(H,30,32)/t18-,22-,23+,24+/m0/s1. The summed E-state index contributed by atoms with van der Waals surface area (Å²) in [5.74, 6) is 0.525. The quantitative estimate of drug-likeness (QED) is 0.710. The van der Waals surface area contributed by atoms with Gasteiger partial charge in [0.25, 0.3) is 0 Å². The number of hydrogen-bond acceptors (Lipinski definition) is 3. The average molecular weight is 450 g/mol. The van der Waals surface area contributed by atoms with E-state index in [-0.39, 0.29) is 35.5 Å². The number of rotatable bonds is 6. The lowest BCUT2D eigenvalue weighted by atomic mass is 9.68. The van der Waals surface area contributed by atoms with Crippen LogP contribution in [0.4, 0.5) is 4.39 Å². The number of amides is 2. The first-order chi connectivity index (χ1) is 16.0. The molecule has 2 amide bonds. The number of carbonyl (C=O) groups is 2. The number of hydrogen-bond donors (Lipinski definition) is 2. The van der Waals surface area contributed by atoms with Gasteiger partial charge in [0.1, 0.15) is 5.82 Å². The van der Waals surface area contributed by atoms with E-state index in [4.69, 9.17) is 0 Å². The van der Waals surface area contributed by atoms with Gasteiger partial charge in [0.2, 0.25) is 11.8 Å². The molecule has 5 rings (SSSR count). The van der Waals surface area contributed by atoms with Crippen molar-refractivity contribution in [3.63, 3.8) is 0 Å². The van der Waals surface area contributed by atoms with Crippen molar-refractivity contribution in [2.45, 2.75) is 44.1 Å². The van der Waals surface area contributed by atoms with Crippen molar-refractivity contribution in [2.24, 2.45) is 11.3 Å². The van der Waals surface area contributed by atoms with Crippen LogP contribution in [0, 0.1) is 17.2 Å². The number of nitrogens with zero attached hydrogens (tertiary/aromatic N) is 1. The molecule has 174 valence electrons. The normalized spacial score (nSPS) is 27.2. The molecular formula is C27H32FN3O2. The highest BCUT2D eigenvalue weighted by molar-refractivity contribution is 5.86. The van der Waals surface area contributed by atoms with E-state index in [1.165, 1.54) is 17.7 Å². The Morgan fingerprint density at radius 2 is 1.82 bits per heavy atom. The fourth-order valence-electron chi connectivity index (χ4n) is 5.90. The Bertz CT molecular complexity index is 1000. The summed E-state index contributed by atoms with van der Waals surface area (Å²) in [4.78, 5) is 27.9. The molecule has 2 saturated heterocycles. The van der Waals surface area contributed by atoms with Gasteiger partial charge in [0, 0.05) is 31.0 Å². The first kappa shape index (κ1) is 22.1. The third-order valence-corrected chi connectivity index (χ3v) is 7.88. The van der Waals surface area contributed by atoms with Gasteiger partial charge in [-0.1, -0.05) is 42.5 Å². The highest BCUT2D eigenvalue weighted by Crippen LogP contribution is 2.48. The maximum absolute atomic E-state index is 13.4. The van der Waals surface area contributed by atoms with Crippen molar-refractivity contribution < 1.29 is 14.0 Å². The van der Waals surface area contributed by atoms with Gasteiger partial charge in [-0.2, -0.15) is 0 Å². The van der Waals surface area contributed by atoms with Crippen LogP contribution >= 0.6 is 0 Å². The zero-order chi connectivity index (χ0) is 23.0. The lowest BCUT2D eigenvalue weighted by Gasteiger charge is -2.41. The maximum atomic E-state index is 13.4. The number of piperidine rings is 1. The molecule has 2 aliphatic heterocycles. The Morgan fingerprint density at radius 1 is 1.12 bits per heavy atom. The lowest BCUT2D eigenvalue weighted by Crippen LogP contribution is -2.50. The second-order valence-electron chi connectivity index (χ2n) is 10.0. The highest BCUT2D eigenvalue weighted by Gasteiger charge is 2.52. The number of nitrogens with one attached hydrogen (secondary N) is 2. The van der Waals surface area contributed by atoms with Gasteiger partial charge in [-0.25, -0.2) is 4.39 Å². The Morgan fingerprint density at radius 3 is 2.52 bits per heavy atom. The zero-order valence-electron chi connectivity index (χ0n) is 19.1. The van der Waals surface area contributed by atoms with Crippen LogP contribution in [0.25, 0.3) is 0 Å². The third kappa shape index (κ3) is 4.41. The monoisotopic (exact) mass is 449 g/mol. The Hall–Kier alpha value is -2.73. The van der Waals surface area contributed by atoms with Crippen LogP contribution in [0.2, 0.25) is 0 Å². The van der Waals surface area contributed by atoms with E-state index in [1.54, 1.807) is 0 Å². The van der Waals surface area contributed by atoms with Crippen molar-refractivity contribution in [1.82, 2.24) is 15.5 Å². The Kier molecular flexibility index (Phi) is 5.95. The zero-order valence-corrected chi connectivity index (χ0v) is 19.1. The number of carbonyl (C=O) groups excluding carboxylic acids is 2. The molecule has 0 radical (unpaired) electrons. The predicted octanol–water partition coefficient (Wildman–Crippen LogP) is 3.43. The summed E-state index contributed by atoms with van der Waals surface area (Å²) in [5.41, 5.74) is 1.86. The molecule has 4 atom stereocenters. The topological polar surface area (TPSA) is 61.4 Å². The molecule has 0 bridgehead atoms. The van der Waals surface area contributed by atoms with Crippen LogP contribution in [0.1, 0.15) is 49.1 Å². The predicted molar refractivity (Wildman–Crippen MR) is 125 cm³/mol. The van der Waals surface area contributed by atoms with Crippen molar-refractivity contribution in [1.29, 1.82) is 0 Å². The molecule has 3 fully saturated rings. The van der Waals surface area contributed by atoms with Gasteiger partial charge in [-0.3, -0.25) is 9.59 Å². The SMILES string of the molecule is C[C@@H](CN1CCC2(CC1)C(=O)NC[C@@H]2c1ccc(F)cc1)NC(=O)[C@@H]1C[C@H]1c1ccccc1. The smallest absolute Gasteiger partial charge is 0.227 e. The number of halogens is 1. The van der Waals surface area contributed by atoms with Crippen molar-refractivity contribution in [2.75, 3.05) is 26.2 Å².